The molecule has 1 saturated carbocycles. The Bertz CT molecular complexity index is 340. The highest BCUT2D eigenvalue weighted by atomic mass is 16.5. The highest BCUT2D eigenvalue weighted by molar-refractivity contribution is 5.81. The van der Waals surface area contributed by atoms with Crippen LogP contribution in [0.15, 0.2) is 18.2 Å². The van der Waals surface area contributed by atoms with Gasteiger partial charge in [0.05, 0.1) is 11.7 Å². The average Bonchev–Trinajstić information content (AvgIpc) is 3.01. The van der Waals surface area contributed by atoms with Crippen molar-refractivity contribution >= 4 is 6.29 Å². The van der Waals surface area contributed by atoms with Gasteiger partial charge in [-0.15, -0.1) is 0 Å². The second-order valence-electron chi connectivity index (χ2n) is 3.62. The van der Waals surface area contributed by atoms with Crippen molar-refractivity contribution < 1.29 is 9.53 Å². The van der Waals surface area contributed by atoms with E-state index in [9.17, 15) is 4.79 Å². The van der Waals surface area contributed by atoms with Crippen LogP contribution in [0.1, 0.15) is 35.7 Å². The van der Waals surface area contributed by atoms with Crippen LogP contribution in [0.3, 0.4) is 0 Å². The molecule has 0 bridgehead atoms. The van der Waals surface area contributed by atoms with Crippen LogP contribution >= 0.6 is 0 Å². The summed E-state index contributed by atoms with van der Waals surface area (Å²) in [5, 5.41) is 0. The SMILES string of the molecule is CCc1cccc(OC2CC2)c1C=O. The minimum absolute atomic E-state index is 0.348. The first-order valence-electron chi connectivity index (χ1n) is 5.09. The van der Waals surface area contributed by atoms with Gasteiger partial charge in [-0.2, -0.15) is 0 Å². The van der Waals surface area contributed by atoms with Gasteiger partial charge in [0.25, 0.3) is 0 Å². The van der Waals surface area contributed by atoms with Gasteiger partial charge in [0, 0.05) is 0 Å². The molecule has 1 fully saturated rings. The molecule has 0 heterocycles. The van der Waals surface area contributed by atoms with Crippen LogP contribution in [-0.4, -0.2) is 12.4 Å². The Labute approximate surface area is 83.9 Å². The molecule has 1 aliphatic carbocycles. The second-order valence-corrected chi connectivity index (χ2v) is 3.62. The molecule has 0 radical (unpaired) electrons. The largest absolute Gasteiger partial charge is 0.490 e. The fourth-order valence-corrected chi connectivity index (χ4v) is 1.50. The van der Waals surface area contributed by atoms with E-state index in [4.69, 9.17) is 4.74 Å². The van der Waals surface area contributed by atoms with Gasteiger partial charge < -0.3 is 4.74 Å². The summed E-state index contributed by atoms with van der Waals surface area (Å²) >= 11 is 0. The van der Waals surface area contributed by atoms with Gasteiger partial charge in [0.2, 0.25) is 0 Å². The molecule has 0 spiro atoms. The topological polar surface area (TPSA) is 26.3 Å². The van der Waals surface area contributed by atoms with Crippen molar-refractivity contribution in [2.24, 2.45) is 0 Å². The van der Waals surface area contributed by atoms with Crippen molar-refractivity contribution in [1.29, 1.82) is 0 Å². The number of benzene rings is 1. The molecule has 0 N–H and O–H groups in total. The van der Waals surface area contributed by atoms with E-state index in [1.165, 1.54) is 0 Å². The quantitative estimate of drug-likeness (QED) is 0.682. The number of hydrogen-bond donors (Lipinski definition) is 0. The van der Waals surface area contributed by atoms with Crippen LogP contribution in [0.4, 0.5) is 0 Å². The predicted octanol–water partition coefficient (Wildman–Crippen LogP) is 2.60. The molecule has 0 aliphatic heterocycles. The van der Waals surface area contributed by atoms with Crippen LogP contribution in [0.5, 0.6) is 5.75 Å². The molecule has 0 atom stereocenters. The van der Waals surface area contributed by atoms with Crippen molar-refractivity contribution in [2.45, 2.75) is 32.3 Å². The zero-order valence-electron chi connectivity index (χ0n) is 8.32. The van der Waals surface area contributed by atoms with E-state index in [0.717, 1.165) is 42.4 Å². The van der Waals surface area contributed by atoms with E-state index in [-0.39, 0.29) is 0 Å². The minimum atomic E-state index is 0.348. The summed E-state index contributed by atoms with van der Waals surface area (Å²) < 4.78 is 5.66. The summed E-state index contributed by atoms with van der Waals surface area (Å²) in [6.45, 7) is 2.04. The normalized spacial score (nSPS) is 15.2. The van der Waals surface area contributed by atoms with E-state index in [0.29, 0.717) is 6.10 Å². The third-order valence-electron chi connectivity index (χ3n) is 2.47. The number of ether oxygens (including phenoxy) is 1. The highest BCUT2D eigenvalue weighted by Gasteiger charge is 2.24. The second kappa shape index (κ2) is 3.82. The van der Waals surface area contributed by atoms with Crippen LogP contribution in [0, 0.1) is 0 Å². The van der Waals surface area contributed by atoms with Crippen LogP contribution < -0.4 is 4.74 Å². The first kappa shape index (κ1) is 9.25. The molecular weight excluding hydrogens is 176 g/mol. The Hall–Kier alpha value is -1.31. The monoisotopic (exact) mass is 190 g/mol. The van der Waals surface area contributed by atoms with E-state index in [1.807, 2.05) is 25.1 Å². The summed E-state index contributed by atoms with van der Waals surface area (Å²) in [5.41, 5.74) is 1.79. The van der Waals surface area contributed by atoms with E-state index in [2.05, 4.69) is 0 Å². The standard InChI is InChI=1S/C12H14O2/c1-2-9-4-3-5-12(11(9)8-13)14-10-6-7-10/h3-5,8,10H,2,6-7H2,1H3. The maximum absolute atomic E-state index is 10.9. The van der Waals surface area contributed by atoms with Crippen molar-refractivity contribution in [2.75, 3.05) is 0 Å². The van der Waals surface area contributed by atoms with Gasteiger partial charge in [-0.3, -0.25) is 4.79 Å². The molecule has 74 valence electrons. The molecule has 2 rings (SSSR count). The first-order chi connectivity index (χ1) is 6.85. The zero-order chi connectivity index (χ0) is 9.97. The summed E-state index contributed by atoms with van der Waals surface area (Å²) in [7, 11) is 0. The van der Waals surface area contributed by atoms with Crippen molar-refractivity contribution in [3.8, 4) is 5.75 Å². The summed E-state index contributed by atoms with van der Waals surface area (Å²) in [4.78, 5) is 10.9. The molecule has 1 aliphatic rings. The molecule has 2 heteroatoms. The van der Waals surface area contributed by atoms with Gasteiger partial charge in [-0.05, 0) is 30.9 Å². The Balaban J connectivity index is 2.30. The molecule has 1 aromatic carbocycles. The Morgan fingerprint density at radius 1 is 1.50 bits per heavy atom. The number of rotatable bonds is 4. The molecule has 0 unspecified atom stereocenters. The van der Waals surface area contributed by atoms with Crippen LogP contribution in [0.2, 0.25) is 0 Å². The van der Waals surface area contributed by atoms with Crippen molar-refractivity contribution in [3.05, 3.63) is 29.3 Å². The minimum Gasteiger partial charge on any atom is -0.490 e. The molecule has 0 saturated heterocycles. The number of carbonyl (C=O) groups excluding carboxylic acids is 1. The fraction of sp³-hybridized carbons (Fsp3) is 0.417. The molecule has 14 heavy (non-hydrogen) atoms. The van der Waals surface area contributed by atoms with Crippen molar-refractivity contribution in [3.63, 3.8) is 0 Å². The van der Waals surface area contributed by atoms with Gasteiger partial charge >= 0.3 is 0 Å². The maximum atomic E-state index is 10.9. The summed E-state index contributed by atoms with van der Waals surface area (Å²) in [6.07, 6.45) is 4.36. The zero-order valence-corrected chi connectivity index (χ0v) is 8.32. The van der Waals surface area contributed by atoms with E-state index in [1.54, 1.807) is 0 Å². The Morgan fingerprint density at radius 2 is 2.29 bits per heavy atom. The lowest BCUT2D eigenvalue weighted by Gasteiger charge is -2.09. The smallest absolute Gasteiger partial charge is 0.154 e. The fourth-order valence-electron chi connectivity index (χ4n) is 1.50. The van der Waals surface area contributed by atoms with Gasteiger partial charge in [0.15, 0.2) is 6.29 Å². The molecule has 2 nitrogen and oxygen atoms in total. The molecular formula is C12H14O2. The van der Waals surface area contributed by atoms with Gasteiger partial charge in [0.1, 0.15) is 5.75 Å². The van der Waals surface area contributed by atoms with E-state index >= 15 is 0 Å². The Morgan fingerprint density at radius 3 is 2.86 bits per heavy atom. The molecule has 1 aromatic rings. The van der Waals surface area contributed by atoms with Gasteiger partial charge in [-0.25, -0.2) is 0 Å². The molecule has 0 amide bonds. The Kier molecular flexibility index (Phi) is 2.53. The maximum Gasteiger partial charge on any atom is 0.154 e. The van der Waals surface area contributed by atoms with Crippen molar-refractivity contribution in [1.82, 2.24) is 0 Å². The number of carbonyl (C=O) groups is 1. The third-order valence-corrected chi connectivity index (χ3v) is 2.47. The first-order valence-corrected chi connectivity index (χ1v) is 5.09. The van der Waals surface area contributed by atoms with E-state index < -0.39 is 0 Å². The lowest BCUT2D eigenvalue weighted by Crippen LogP contribution is -2.01. The number of aryl methyl sites for hydroxylation is 1. The lowest BCUT2D eigenvalue weighted by atomic mass is 10.1. The van der Waals surface area contributed by atoms with Crippen LogP contribution in [0.25, 0.3) is 0 Å². The number of hydrogen-bond acceptors (Lipinski definition) is 2. The van der Waals surface area contributed by atoms with Crippen LogP contribution in [-0.2, 0) is 6.42 Å². The summed E-state index contributed by atoms with van der Waals surface area (Å²) in [5.74, 6) is 0.752. The number of aldehydes is 1. The molecule has 0 aromatic heterocycles. The highest BCUT2D eigenvalue weighted by Crippen LogP contribution is 2.29. The summed E-state index contributed by atoms with van der Waals surface area (Å²) in [6, 6.07) is 5.80. The lowest BCUT2D eigenvalue weighted by molar-refractivity contribution is 0.111. The third kappa shape index (κ3) is 1.79. The van der Waals surface area contributed by atoms with Gasteiger partial charge in [-0.1, -0.05) is 19.1 Å². The average molecular weight is 190 g/mol. The predicted molar refractivity (Wildman–Crippen MR) is 54.9 cm³/mol.